The Kier molecular flexibility index (Phi) is 5.02. The van der Waals surface area contributed by atoms with E-state index in [1.54, 1.807) is 0 Å². The van der Waals surface area contributed by atoms with Crippen LogP contribution in [0.1, 0.15) is 44.4 Å². The molecule has 1 aliphatic heterocycles. The molecule has 0 radical (unpaired) electrons. The molecule has 0 unspecified atom stereocenters. The van der Waals surface area contributed by atoms with Crippen molar-refractivity contribution in [2.45, 2.75) is 51.0 Å². The summed E-state index contributed by atoms with van der Waals surface area (Å²) in [7, 11) is 0. The number of fused-ring (bicyclic) bond motifs is 1. The van der Waals surface area contributed by atoms with Gasteiger partial charge >= 0.3 is 0 Å². The molecule has 1 N–H and O–H groups in total. The number of amides is 1. The molecule has 1 amide bonds. The van der Waals surface area contributed by atoms with Gasteiger partial charge in [0.15, 0.2) is 11.5 Å². The summed E-state index contributed by atoms with van der Waals surface area (Å²) in [6.07, 6.45) is 8.07. The summed E-state index contributed by atoms with van der Waals surface area (Å²) in [6, 6.07) is 8.54. The molecule has 1 saturated heterocycles. The fourth-order valence-electron chi connectivity index (χ4n) is 4.26. The maximum absolute atomic E-state index is 12.4. The van der Waals surface area contributed by atoms with Gasteiger partial charge in [-0.25, -0.2) is 4.98 Å². The average Bonchev–Trinajstić information content (AvgIpc) is 3.31. The van der Waals surface area contributed by atoms with Gasteiger partial charge in [-0.3, -0.25) is 4.79 Å². The molecule has 5 heteroatoms. The number of benzene rings is 1. The lowest BCUT2D eigenvalue weighted by molar-refractivity contribution is -0.126. The van der Waals surface area contributed by atoms with Gasteiger partial charge < -0.3 is 14.6 Å². The molecule has 25 heavy (non-hydrogen) atoms. The number of rotatable bonds is 5. The standard InChI is InChI=1S/C20H27N3O2/c24-20(15-10-13-23(14-11-15)16-5-1-2-6-16)21-12-9-19-22-17-7-3-4-8-18(17)25-19/h3-4,7-8,15-16H,1-2,5-6,9-14H2,(H,21,24). The second kappa shape index (κ2) is 7.56. The summed E-state index contributed by atoms with van der Waals surface area (Å²) >= 11 is 0. The van der Waals surface area contributed by atoms with Crippen molar-refractivity contribution >= 4 is 17.0 Å². The highest BCUT2D eigenvalue weighted by Crippen LogP contribution is 2.27. The molecule has 0 atom stereocenters. The van der Waals surface area contributed by atoms with Crippen molar-refractivity contribution < 1.29 is 9.21 Å². The van der Waals surface area contributed by atoms with E-state index >= 15 is 0 Å². The molecular weight excluding hydrogens is 314 g/mol. The van der Waals surface area contributed by atoms with Crippen LogP contribution in [0.25, 0.3) is 11.1 Å². The Balaban J connectivity index is 1.21. The zero-order chi connectivity index (χ0) is 17.1. The Morgan fingerprint density at radius 2 is 1.92 bits per heavy atom. The molecule has 1 saturated carbocycles. The molecular formula is C20H27N3O2. The summed E-state index contributed by atoms with van der Waals surface area (Å²) < 4.78 is 5.70. The van der Waals surface area contributed by atoms with Crippen LogP contribution in [-0.2, 0) is 11.2 Å². The topological polar surface area (TPSA) is 58.4 Å². The highest BCUT2D eigenvalue weighted by molar-refractivity contribution is 5.78. The van der Waals surface area contributed by atoms with E-state index in [1.807, 2.05) is 24.3 Å². The van der Waals surface area contributed by atoms with Crippen LogP contribution in [0.5, 0.6) is 0 Å². The van der Waals surface area contributed by atoms with Crippen LogP contribution in [0.3, 0.4) is 0 Å². The van der Waals surface area contributed by atoms with E-state index in [0.29, 0.717) is 18.9 Å². The van der Waals surface area contributed by atoms with Crippen molar-refractivity contribution in [2.75, 3.05) is 19.6 Å². The van der Waals surface area contributed by atoms with Crippen LogP contribution >= 0.6 is 0 Å². The number of hydrogen-bond acceptors (Lipinski definition) is 4. The van der Waals surface area contributed by atoms with Crippen molar-refractivity contribution in [3.63, 3.8) is 0 Å². The molecule has 1 aromatic carbocycles. The zero-order valence-corrected chi connectivity index (χ0v) is 14.7. The number of carbonyl (C=O) groups is 1. The maximum atomic E-state index is 12.4. The zero-order valence-electron chi connectivity index (χ0n) is 14.7. The number of nitrogens with one attached hydrogen (secondary N) is 1. The third kappa shape index (κ3) is 3.87. The van der Waals surface area contributed by atoms with Crippen LogP contribution in [0.4, 0.5) is 0 Å². The van der Waals surface area contributed by atoms with Crippen LogP contribution in [-0.4, -0.2) is 41.5 Å². The van der Waals surface area contributed by atoms with Gasteiger partial charge in [0.2, 0.25) is 5.91 Å². The fraction of sp³-hybridized carbons (Fsp3) is 0.600. The average molecular weight is 341 g/mol. The predicted octanol–water partition coefficient (Wildman–Crippen LogP) is 3.14. The molecule has 2 heterocycles. The minimum atomic E-state index is 0.168. The van der Waals surface area contributed by atoms with Crippen molar-refractivity contribution in [3.05, 3.63) is 30.2 Å². The smallest absolute Gasteiger partial charge is 0.223 e. The van der Waals surface area contributed by atoms with Gasteiger partial charge in [0.25, 0.3) is 0 Å². The Bertz CT molecular complexity index is 680. The number of aromatic nitrogens is 1. The van der Waals surface area contributed by atoms with E-state index in [9.17, 15) is 4.79 Å². The first-order chi connectivity index (χ1) is 12.3. The van der Waals surface area contributed by atoms with Crippen molar-refractivity contribution in [1.82, 2.24) is 15.2 Å². The molecule has 2 fully saturated rings. The molecule has 2 aromatic rings. The summed E-state index contributed by atoms with van der Waals surface area (Å²) in [5.74, 6) is 1.06. The van der Waals surface area contributed by atoms with Gasteiger partial charge in [0.1, 0.15) is 5.52 Å². The van der Waals surface area contributed by atoms with Gasteiger partial charge in [-0.15, -0.1) is 0 Å². The first-order valence-corrected chi connectivity index (χ1v) is 9.66. The molecule has 4 rings (SSSR count). The minimum absolute atomic E-state index is 0.168. The third-order valence-corrected chi connectivity index (χ3v) is 5.72. The monoisotopic (exact) mass is 341 g/mol. The quantitative estimate of drug-likeness (QED) is 0.908. The first kappa shape index (κ1) is 16.6. The molecule has 2 aliphatic rings. The summed E-state index contributed by atoms with van der Waals surface area (Å²) in [6.45, 7) is 2.75. The number of para-hydroxylation sites is 2. The lowest BCUT2D eigenvalue weighted by atomic mass is 9.94. The number of likely N-dealkylation sites (tertiary alicyclic amines) is 1. The molecule has 5 nitrogen and oxygen atoms in total. The largest absolute Gasteiger partial charge is 0.441 e. The van der Waals surface area contributed by atoms with E-state index in [-0.39, 0.29) is 11.8 Å². The summed E-state index contributed by atoms with van der Waals surface area (Å²) in [4.78, 5) is 19.5. The van der Waals surface area contributed by atoms with E-state index in [0.717, 1.165) is 43.1 Å². The Hall–Kier alpha value is -1.88. The summed E-state index contributed by atoms with van der Waals surface area (Å²) in [5.41, 5.74) is 1.69. The first-order valence-electron chi connectivity index (χ1n) is 9.66. The van der Waals surface area contributed by atoms with Gasteiger partial charge in [-0.2, -0.15) is 0 Å². The molecule has 1 aromatic heterocycles. The van der Waals surface area contributed by atoms with Crippen LogP contribution in [0.15, 0.2) is 28.7 Å². The van der Waals surface area contributed by atoms with E-state index in [4.69, 9.17) is 4.42 Å². The third-order valence-electron chi connectivity index (χ3n) is 5.72. The van der Waals surface area contributed by atoms with Gasteiger partial charge in [-0.05, 0) is 50.9 Å². The number of piperidine rings is 1. The second-order valence-electron chi connectivity index (χ2n) is 7.36. The van der Waals surface area contributed by atoms with Crippen LogP contribution in [0, 0.1) is 5.92 Å². The number of oxazole rings is 1. The number of nitrogens with zero attached hydrogens (tertiary/aromatic N) is 2. The van der Waals surface area contributed by atoms with Crippen molar-refractivity contribution in [1.29, 1.82) is 0 Å². The molecule has 0 spiro atoms. The number of carbonyl (C=O) groups excluding carboxylic acids is 1. The Morgan fingerprint density at radius 3 is 2.68 bits per heavy atom. The lowest BCUT2D eigenvalue weighted by Crippen LogP contribution is -2.44. The van der Waals surface area contributed by atoms with Crippen LogP contribution in [0.2, 0.25) is 0 Å². The number of hydrogen-bond donors (Lipinski definition) is 1. The lowest BCUT2D eigenvalue weighted by Gasteiger charge is -2.35. The van der Waals surface area contributed by atoms with Gasteiger partial charge in [0.05, 0.1) is 0 Å². The van der Waals surface area contributed by atoms with Gasteiger partial charge in [-0.1, -0.05) is 25.0 Å². The Morgan fingerprint density at radius 1 is 1.16 bits per heavy atom. The molecule has 1 aliphatic carbocycles. The second-order valence-corrected chi connectivity index (χ2v) is 7.36. The maximum Gasteiger partial charge on any atom is 0.223 e. The fourth-order valence-corrected chi connectivity index (χ4v) is 4.26. The molecule has 134 valence electrons. The minimum Gasteiger partial charge on any atom is -0.441 e. The van der Waals surface area contributed by atoms with E-state index in [2.05, 4.69) is 15.2 Å². The van der Waals surface area contributed by atoms with E-state index in [1.165, 1.54) is 25.7 Å². The normalized spacial score (nSPS) is 20.3. The van der Waals surface area contributed by atoms with Crippen LogP contribution < -0.4 is 5.32 Å². The molecule has 0 bridgehead atoms. The van der Waals surface area contributed by atoms with Gasteiger partial charge in [0, 0.05) is 24.9 Å². The summed E-state index contributed by atoms with van der Waals surface area (Å²) in [5, 5.41) is 3.07. The van der Waals surface area contributed by atoms with Crippen molar-refractivity contribution in [2.24, 2.45) is 5.92 Å². The Labute approximate surface area is 148 Å². The highest BCUT2D eigenvalue weighted by Gasteiger charge is 2.29. The SMILES string of the molecule is O=C(NCCc1nc2ccccc2o1)C1CCN(C2CCCC2)CC1. The highest BCUT2D eigenvalue weighted by atomic mass is 16.3. The van der Waals surface area contributed by atoms with E-state index < -0.39 is 0 Å². The predicted molar refractivity (Wildman–Crippen MR) is 97.3 cm³/mol. The van der Waals surface area contributed by atoms with Crippen molar-refractivity contribution in [3.8, 4) is 0 Å².